The molecule has 0 aromatic carbocycles. The summed E-state index contributed by atoms with van der Waals surface area (Å²) in [6, 6.07) is -0.699. The first kappa shape index (κ1) is 21.0. The van der Waals surface area contributed by atoms with Crippen LogP contribution < -0.4 is 5.32 Å². The molecule has 1 aliphatic rings. The molecule has 1 N–H and O–H groups in total. The van der Waals surface area contributed by atoms with Crippen molar-refractivity contribution >= 4 is 17.8 Å². The summed E-state index contributed by atoms with van der Waals surface area (Å²) in [5.74, 6) is -0.560. The van der Waals surface area contributed by atoms with Crippen LogP contribution in [0.1, 0.15) is 72.6 Å². The van der Waals surface area contributed by atoms with E-state index in [4.69, 9.17) is 4.74 Å². The van der Waals surface area contributed by atoms with Gasteiger partial charge in [-0.3, -0.25) is 4.79 Å². The zero-order chi connectivity index (χ0) is 20.3. The molecule has 1 aromatic heterocycles. The van der Waals surface area contributed by atoms with Crippen molar-refractivity contribution < 1.29 is 19.1 Å². The Labute approximate surface area is 161 Å². The van der Waals surface area contributed by atoms with E-state index in [1.54, 1.807) is 25.7 Å². The SMILES string of the molecule is CCNC(=O)N(C1CC1)C(C)C(=O)c1c(C)c(C(=O)OCC)n(CC)c1C. The van der Waals surface area contributed by atoms with Gasteiger partial charge in [-0.05, 0) is 59.9 Å². The van der Waals surface area contributed by atoms with E-state index in [2.05, 4.69) is 5.32 Å². The van der Waals surface area contributed by atoms with E-state index in [0.717, 1.165) is 18.5 Å². The fourth-order valence-corrected chi connectivity index (χ4v) is 3.70. The molecule has 0 spiro atoms. The number of urea groups is 1. The van der Waals surface area contributed by atoms with Gasteiger partial charge in [-0.2, -0.15) is 0 Å². The summed E-state index contributed by atoms with van der Waals surface area (Å²) in [4.78, 5) is 39.9. The molecule has 1 heterocycles. The summed E-state index contributed by atoms with van der Waals surface area (Å²) >= 11 is 0. The average Bonchev–Trinajstić information content (AvgIpc) is 3.40. The predicted octanol–water partition coefficient (Wildman–Crippen LogP) is 3.07. The summed E-state index contributed by atoms with van der Waals surface area (Å²) < 4.78 is 7.00. The molecule has 7 nitrogen and oxygen atoms in total. The van der Waals surface area contributed by atoms with Crippen molar-refractivity contribution in [2.75, 3.05) is 13.2 Å². The minimum absolute atomic E-state index is 0.105. The molecule has 1 aromatic rings. The molecule has 0 bridgehead atoms. The molecule has 2 amide bonds. The zero-order valence-electron chi connectivity index (χ0n) is 17.2. The van der Waals surface area contributed by atoms with Gasteiger partial charge in [-0.1, -0.05) is 0 Å². The van der Waals surface area contributed by atoms with Crippen LogP contribution in [0, 0.1) is 13.8 Å². The van der Waals surface area contributed by atoms with Gasteiger partial charge in [-0.15, -0.1) is 0 Å². The van der Waals surface area contributed by atoms with E-state index in [9.17, 15) is 14.4 Å². The van der Waals surface area contributed by atoms with E-state index in [1.807, 2.05) is 25.3 Å². The summed E-state index contributed by atoms with van der Waals surface area (Å²) in [7, 11) is 0. The van der Waals surface area contributed by atoms with Crippen molar-refractivity contribution in [2.45, 2.75) is 73.0 Å². The maximum absolute atomic E-state index is 13.3. The Balaban J connectivity index is 2.42. The smallest absolute Gasteiger partial charge is 0.355 e. The van der Waals surface area contributed by atoms with E-state index in [0.29, 0.717) is 29.9 Å². The largest absolute Gasteiger partial charge is 0.461 e. The van der Waals surface area contributed by atoms with Crippen LogP contribution in [0.3, 0.4) is 0 Å². The third-order valence-corrected chi connectivity index (χ3v) is 5.10. The van der Waals surface area contributed by atoms with E-state index in [-0.39, 0.29) is 24.5 Å². The van der Waals surface area contributed by atoms with Crippen molar-refractivity contribution in [3.05, 3.63) is 22.5 Å². The van der Waals surface area contributed by atoms with Crippen LogP contribution in [0.15, 0.2) is 0 Å². The number of nitrogens with one attached hydrogen (secondary N) is 1. The number of amides is 2. The number of carbonyl (C=O) groups is 3. The molecular weight excluding hydrogens is 346 g/mol. The molecule has 1 aliphatic carbocycles. The highest BCUT2D eigenvalue weighted by atomic mass is 16.5. The van der Waals surface area contributed by atoms with Gasteiger partial charge in [-0.25, -0.2) is 9.59 Å². The van der Waals surface area contributed by atoms with Crippen molar-refractivity contribution in [1.82, 2.24) is 14.8 Å². The molecule has 7 heteroatoms. The Morgan fingerprint density at radius 1 is 1.22 bits per heavy atom. The van der Waals surface area contributed by atoms with Gasteiger partial charge < -0.3 is 19.5 Å². The second-order valence-electron chi connectivity index (χ2n) is 6.91. The molecule has 0 saturated heterocycles. The van der Waals surface area contributed by atoms with Crippen LogP contribution in [-0.4, -0.2) is 52.5 Å². The maximum Gasteiger partial charge on any atom is 0.355 e. The van der Waals surface area contributed by atoms with Crippen molar-refractivity contribution in [3.8, 4) is 0 Å². The number of ether oxygens (including phenoxy) is 1. The highest BCUT2D eigenvalue weighted by Gasteiger charge is 2.40. The van der Waals surface area contributed by atoms with Gasteiger partial charge in [0.1, 0.15) is 5.69 Å². The van der Waals surface area contributed by atoms with E-state index in [1.165, 1.54) is 0 Å². The fraction of sp³-hybridized carbons (Fsp3) is 0.650. The average molecular weight is 377 g/mol. The first-order chi connectivity index (χ1) is 12.8. The zero-order valence-corrected chi connectivity index (χ0v) is 17.2. The molecule has 1 atom stereocenters. The number of ketones is 1. The van der Waals surface area contributed by atoms with Crippen molar-refractivity contribution in [3.63, 3.8) is 0 Å². The molecule has 1 unspecified atom stereocenters. The molecule has 27 heavy (non-hydrogen) atoms. The Morgan fingerprint density at radius 3 is 2.33 bits per heavy atom. The fourth-order valence-electron chi connectivity index (χ4n) is 3.70. The lowest BCUT2D eigenvalue weighted by Gasteiger charge is -2.28. The summed E-state index contributed by atoms with van der Waals surface area (Å²) in [6.07, 6.45) is 1.83. The van der Waals surface area contributed by atoms with Crippen molar-refractivity contribution in [2.24, 2.45) is 0 Å². The summed E-state index contributed by atoms with van der Waals surface area (Å²) in [5, 5.41) is 2.80. The third kappa shape index (κ3) is 4.01. The van der Waals surface area contributed by atoms with Crippen LogP contribution in [0.2, 0.25) is 0 Å². The monoisotopic (exact) mass is 377 g/mol. The lowest BCUT2D eigenvalue weighted by Crippen LogP contribution is -2.49. The number of esters is 1. The maximum atomic E-state index is 13.3. The number of rotatable bonds is 8. The standard InChI is InChI=1S/C20H31N3O4/c1-7-21-20(26)23(15-10-11-15)14(6)18(24)16-12(4)17(19(25)27-9-3)22(8-2)13(16)5/h14-15H,7-11H2,1-6H3,(H,21,26). The Bertz CT molecular complexity index is 734. The van der Waals surface area contributed by atoms with E-state index < -0.39 is 12.0 Å². The van der Waals surface area contributed by atoms with E-state index >= 15 is 0 Å². The molecule has 0 aliphatic heterocycles. The van der Waals surface area contributed by atoms with Gasteiger partial charge in [0.05, 0.1) is 12.6 Å². The second-order valence-corrected chi connectivity index (χ2v) is 6.91. The molecule has 0 radical (unpaired) electrons. The molecule has 1 fully saturated rings. The van der Waals surface area contributed by atoms with Crippen LogP contribution in [0.4, 0.5) is 4.79 Å². The van der Waals surface area contributed by atoms with Gasteiger partial charge >= 0.3 is 12.0 Å². The Kier molecular flexibility index (Phi) is 6.68. The number of nitrogens with zero attached hydrogens (tertiary/aromatic N) is 2. The molecule has 2 rings (SSSR count). The predicted molar refractivity (Wildman–Crippen MR) is 103 cm³/mol. The molecular formula is C20H31N3O4. The highest BCUT2D eigenvalue weighted by Crippen LogP contribution is 2.31. The number of aromatic nitrogens is 1. The Hall–Kier alpha value is -2.31. The topological polar surface area (TPSA) is 80.6 Å². The third-order valence-electron chi connectivity index (χ3n) is 5.10. The quantitative estimate of drug-likeness (QED) is 0.558. The lowest BCUT2D eigenvalue weighted by molar-refractivity contribution is 0.0512. The van der Waals surface area contributed by atoms with Crippen LogP contribution in [0.25, 0.3) is 0 Å². The minimum Gasteiger partial charge on any atom is -0.461 e. The Morgan fingerprint density at radius 2 is 1.85 bits per heavy atom. The molecule has 150 valence electrons. The number of hydrogen-bond donors (Lipinski definition) is 1. The van der Waals surface area contributed by atoms with Crippen LogP contribution in [-0.2, 0) is 11.3 Å². The number of Topliss-reactive ketones (excluding diaryl/α,β-unsaturated/α-hetero) is 1. The first-order valence-corrected chi connectivity index (χ1v) is 9.77. The van der Waals surface area contributed by atoms with Gasteiger partial charge in [0.15, 0.2) is 5.78 Å². The summed E-state index contributed by atoms with van der Waals surface area (Å²) in [5.41, 5.74) is 2.29. The highest BCUT2D eigenvalue weighted by molar-refractivity contribution is 6.06. The normalized spacial score (nSPS) is 14.6. The molecule has 1 saturated carbocycles. The lowest BCUT2D eigenvalue weighted by atomic mass is 10.00. The number of hydrogen-bond acceptors (Lipinski definition) is 4. The second kappa shape index (κ2) is 8.59. The summed E-state index contributed by atoms with van der Waals surface area (Å²) in [6.45, 7) is 12.3. The van der Waals surface area contributed by atoms with Gasteiger partial charge in [0.25, 0.3) is 0 Å². The first-order valence-electron chi connectivity index (χ1n) is 9.77. The van der Waals surface area contributed by atoms with Crippen LogP contribution in [0.5, 0.6) is 0 Å². The van der Waals surface area contributed by atoms with Crippen LogP contribution >= 0.6 is 0 Å². The van der Waals surface area contributed by atoms with Crippen molar-refractivity contribution in [1.29, 1.82) is 0 Å². The number of carbonyl (C=O) groups excluding carboxylic acids is 3. The minimum atomic E-state index is -0.593. The van der Waals surface area contributed by atoms with Gasteiger partial charge in [0, 0.05) is 30.4 Å². The van der Waals surface area contributed by atoms with Gasteiger partial charge in [0.2, 0.25) is 0 Å².